The van der Waals surface area contributed by atoms with Crippen LogP contribution < -0.4 is 0 Å². The van der Waals surface area contributed by atoms with Crippen LogP contribution in [0.15, 0.2) is 91.0 Å². The number of rotatable bonds is 1. The number of aryl methyl sites for hydroxylation is 1. The van der Waals surface area contributed by atoms with Gasteiger partial charge in [0, 0.05) is 43.6 Å². The van der Waals surface area contributed by atoms with E-state index in [0.29, 0.717) is 0 Å². The largest absolute Gasteiger partial charge is 0.355 e. The van der Waals surface area contributed by atoms with Gasteiger partial charge in [-0.15, -0.1) is 0 Å². The van der Waals surface area contributed by atoms with Crippen molar-refractivity contribution in [2.24, 2.45) is 0 Å². The molecule has 0 aliphatic heterocycles. The van der Waals surface area contributed by atoms with Crippen molar-refractivity contribution >= 4 is 67.9 Å². The van der Waals surface area contributed by atoms with Gasteiger partial charge in [0.15, 0.2) is 0 Å². The van der Waals surface area contributed by atoms with E-state index in [0.717, 1.165) is 30.7 Å². The number of isocyanates is 4. The highest BCUT2D eigenvalue weighted by atomic mass is 16.1. The van der Waals surface area contributed by atoms with Crippen LogP contribution in [-0.4, -0.2) is 34.3 Å². The highest BCUT2D eigenvalue weighted by molar-refractivity contribution is 6.08. The van der Waals surface area contributed by atoms with Crippen LogP contribution in [0, 0.1) is 21.6 Å². The third-order valence-electron chi connectivity index (χ3n) is 5.42. The molecule has 10 nitrogen and oxygen atoms in total. The molecule has 0 bridgehead atoms. The van der Waals surface area contributed by atoms with Crippen molar-refractivity contribution in [1.82, 2.24) is 9.97 Å². The molecule has 0 aliphatic carbocycles. The fourth-order valence-corrected chi connectivity index (χ4v) is 4.03. The van der Waals surface area contributed by atoms with Gasteiger partial charge in [-0.1, -0.05) is 79.7 Å². The fourth-order valence-electron chi connectivity index (χ4n) is 4.03. The monoisotopic (exact) mass is 534 g/mol. The first-order valence-electron chi connectivity index (χ1n) is 11.6. The van der Waals surface area contributed by atoms with Crippen molar-refractivity contribution in [1.29, 1.82) is 21.6 Å². The van der Waals surface area contributed by atoms with Crippen molar-refractivity contribution in [2.45, 2.75) is 13.3 Å². The first kappa shape index (κ1) is 32.0. The quantitative estimate of drug-likeness (QED) is 0.0996. The zero-order chi connectivity index (χ0) is 29.8. The average molecular weight is 535 g/mol. The second kappa shape index (κ2) is 18.3. The maximum Gasteiger partial charge on any atom is 0.231 e. The zero-order valence-corrected chi connectivity index (χ0v) is 21.5. The van der Waals surface area contributed by atoms with Gasteiger partial charge in [-0.25, -0.2) is 40.8 Å². The smallest absolute Gasteiger partial charge is 0.231 e. The number of nitrogens with one attached hydrogen (secondary N) is 6. The molecule has 40 heavy (non-hydrogen) atoms. The lowest BCUT2D eigenvalue weighted by atomic mass is 10.1. The van der Waals surface area contributed by atoms with E-state index in [-0.39, 0.29) is 0 Å². The Bertz CT molecular complexity index is 1700. The number of aromatic amines is 2. The summed E-state index contributed by atoms with van der Waals surface area (Å²) in [6.45, 7) is 2.19. The van der Waals surface area contributed by atoms with Gasteiger partial charge in [0.05, 0.1) is 0 Å². The third-order valence-corrected chi connectivity index (χ3v) is 5.42. The van der Waals surface area contributed by atoms with Gasteiger partial charge < -0.3 is 9.97 Å². The molecular weight excluding hydrogens is 508 g/mol. The Kier molecular flexibility index (Phi) is 14.6. The summed E-state index contributed by atoms with van der Waals surface area (Å²) in [5, 5.41) is 26.9. The summed E-state index contributed by atoms with van der Waals surface area (Å²) in [5.74, 6) is 0. The molecule has 6 rings (SSSR count). The molecule has 0 saturated heterocycles. The SMILES string of the molecule is CCc1cccc2c1[nH]c1ccccc12.N=C=O.N=C=O.N=C=O.N=C=O.c1ccc2c(c1)[nH]c1ccccc12. The van der Waals surface area contributed by atoms with E-state index < -0.39 is 0 Å². The molecule has 4 aromatic carbocycles. The molecule has 0 amide bonds. The Balaban J connectivity index is 0.000000290. The maximum atomic E-state index is 8.35. The number of carbonyl (C=O) groups excluding carboxylic acids is 4. The van der Waals surface area contributed by atoms with Crippen LogP contribution >= 0.6 is 0 Å². The molecular formula is C30H26N6O4. The lowest BCUT2D eigenvalue weighted by Crippen LogP contribution is -1.80. The van der Waals surface area contributed by atoms with E-state index in [1.807, 2.05) is 0 Å². The summed E-state index contributed by atoms with van der Waals surface area (Å²) in [7, 11) is 0. The fraction of sp³-hybridized carbons (Fsp3) is 0.0667. The number of aromatic nitrogens is 2. The first-order chi connectivity index (χ1) is 19.5. The molecule has 2 heterocycles. The second-order valence-electron chi connectivity index (χ2n) is 7.49. The predicted octanol–water partition coefficient (Wildman–Crippen LogP) is 6.81. The average Bonchev–Trinajstić information content (AvgIpc) is 3.54. The minimum atomic E-state index is 0.750. The van der Waals surface area contributed by atoms with Crippen molar-refractivity contribution in [3.8, 4) is 0 Å². The van der Waals surface area contributed by atoms with Crippen LogP contribution in [0.4, 0.5) is 0 Å². The summed E-state index contributed by atoms with van der Waals surface area (Å²) in [6, 6.07) is 31.8. The molecule has 6 N–H and O–H groups in total. The van der Waals surface area contributed by atoms with Crippen molar-refractivity contribution in [3.05, 3.63) is 96.6 Å². The molecule has 0 saturated carbocycles. The van der Waals surface area contributed by atoms with Gasteiger partial charge in [-0.2, -0.15) is 0 Å². The molecule has 6 aromatic rings. The van der Waals surface area contributed by atoms with Crippen LogP contribution in [0.25, 0.3) is 43.6 Å². The van der Waals surface area contributed by atoms with E-state index in [4.69, 9.17) is 40.8 Å². The number of H-pyrrole nitrogens is 2. The van der Waals surface area contributed by atoms with Crippen LogP contribution in [0.2, 0.25) is 0 Å². The topological polar surface area (TPSA) is 195 Å². The van der Waals surface area contributed by atoms with Gasteiger partial charge in [-0.05, 0) is 30.2 Å². The molecule has 0 atom stereocenters. The third kappa shape index (κ3) is 8.83. The summed E-state index contributed by atoms with van der Waals surface area (Å²) in [4.78, 5) is 40.3. The molecule has 200 valence electrons. The Morgan fingerprint density at radius 2 is 0.825 bits per heavy atom. The van der Waals surface area contributed by atoms with Crippen LogP contribution in [0.5, 0.6) is 0 Å². The Morgan fingerprint density at radius 1 is 0.500 bits per heavy atom. The Morgan fingerprint density at radius 3 is 1.23 bits per heavy atom. The predicted molar refractivity (Wildman–Crippen MR) is 155 cm³/mol. The molecule has 2 aromatic heterocycles. The van der Waals surface area contributed by atoms with Crippen LogP contribution in [0.1, 0.15) is 12.5 Å². The molecule has 0 radical (unpaired) electrons. The van der Waals surface area contributed by atoms with Crippen LogP contribution in [0.3, 0.4) is 0 Å². The number of benzene rings is 4. The highest BCUT2D eigenvalue weighted by Crippen LogP contribution is 2.27. The van der Waals surface area contributed by atoms with Crippen LogP contribution in [-0.2, 0) is 25.6 Å². The summed E-state index contributed by atoms with van der Waals surface area (Å²) < 4.78 is 0. The lowest BCUT2D eigenvalue weighted by molar-refractivity contribution is 0.562. The highest BCUT2D eigenvalue weighted by Gasteiger charge is 2.05. The van der Waals surface area contributed by atoms with E-state index in [1.54, 1.807) is 0 Å². The molecule has 10 heteroatoms. The van der Waals surface area contributed by atoms with Crippen molar-refractivity contribution < 1.29 is 19.2 Å². The molecule has 0 aliphatic rings. The van der Waals surface area contributed by atoms with Crippen molar-refractivity contribution in [3.63, 3.8) is 0 Å². The zero-order valence-electron chi connectivity index (χ0n) is 21.5. The summed E-state index contributed by atoms with van der Waals surface area (Å²) >= 11 is 0. The van der Waals surface area contributed by atoms with Gasteiger partial charge in [0.25, 0.3) is 0 Å². The lowest BCUT2D eigenvalue weighted by Gasteiger charge is -1.97. The standard InChI is InChI=1S/C14H13N.C12H9N.4CHNO/c1-2-10-6-5-8-12-11-7-3-4-9-13(11)15-14(10)12;1-3-7-11-9(5-1)10-6-2-4-8-12(10)13-11;4*2-1-3/h3-9,15H,2H2,1H3;1-8,13H;4*2H. The number of fused-ring (bicyclic) bond motifs is 6. The number of para-hydroxylation sites is 4. The normalized spacial score (nSPS) is 8.62. The van der Waals surface area contributed by atoms with E-state index in [1.165, 1.54) is 49.2 Å². The molecule has 0 unspecified atom stereocenters. The number of hydrogen-bond acceptors (Lipinski definition) is 8. The Labute approximate surface area is 228 Å². The van der Waals surface area contributed by atoms with Gasteiger partial charge in [0.1, 0.15) is 0 Å². The van der Waals surface area contributed by atoms with E-state index in [2.05, 4.69) is 108 Å². The van der Waals surface area contributed by atoms with E-state index in [9.17, 15) is 0 Å². The van der Waals surface area contributed by atoms with Crippen molar-refractivity contribution in [2.75, 3.05) is 0 Å². The molecule has 0 fully saturated rings. The Hall–Kier alpha value is -6.00. The maximum absolute atomic E-state index is 8.35. The summed E-state index contributed by atoms with van der Waals surface area (Å²) in [5.41, 5.74) is 6.34. The molecule has 0 spiro atoms. The minimum absolute atomic E-state index is 0.750. The second-order valence-corrected chi connectivity index (χ2v) is 7.49. The van der Waals surface area contributed by atoms with E-state index >= 15 is 0 Å². The van der Waals surface area contributed by atoms with Gasteiger partial charge in [0.2, 0.25) is 24.3 Å². The van der Waals surface area contributed by atoms with Gasteiger partial charge >= 0.3 is 0 Å². The first-order valence-corrected chi connectivity index (χ1v) is 11.6. The van der Waals surface area contributed by atoms with Gasteiger partial charge in [-0.3, -0.25) is 0 Å². The summed E-state index contributed by atoms with van der Waals surface area (Å²) in [6.07, 6.45) is 4.07. The minimum Gasteiger partial charge on any atom is -0.355 e. The number of hydrogen-bond donors (Lipinski definition) is 6.